The standard InChI is InChI=1S/C25H34N4O3S/c1-7-28(8-2)14-9-15-29-21(18-10-12-19(13-11-18)27(5)6)20(23(31)25(29)32)22(30)24-16(3)26-17(4)33-24/h10-13,21,31H,7-9,14-15H2,1-6H3. The molecule has 0 fully saturated rings. The fraction of sp³-hybridized carbons (Fsp3) is 0.480. The Labute approximate surface area is 200 Å². The predicted octanol–water partition coefficient (Wildman–Crippen LogP) is 4.14. The van der Waals surface area contributed by atoms with E-state index in [-0.39, 0.29) is 11.4 Å². The molecule has 1 aromatic carbocycles. The minimum atomic E-state index is -0.625. The lowest BCUT2D eigenvalue weighted by atomic mass is 9.94. The summed E-state index contributed by atoms with van der Waals surface area (Å²) in [4.78, 5) is 37.5. The lowest BCUT2D eigenvalue weighted by Crippen LogP contribution is -2.34. The van der Waals surface area contributed by atoms with Gasteiger partial charge in [0.25, 0.3) is 5.91 Å². The van der Waals surface area contributed by atoms with Crippen molar-refractivity contribution in [2.24, 2.45) is 0 Å². The Morgan fingerprint density at radius 3 is 2.30 bits per heavy atom. The van der Waals surface area contributed by atoms with E-state index >= 15 is 0 Å². The Morgan fingerprint density at radius 1 is 1.15 bits per heavy atom. The van der Waals surface area contributed by atoms with Crippen LogP contribution in [0.4, 0.5) is 5.69 Å². The number of carbonyl (C=O) groups excluding carboxylic acids is 2. The van der Waals surface area contributed by atoms with Gasteiger partial charge in [0.1, 0.15) is 0 Å². The zero-order valence-corrected chi connectivity index (χ0v) is 21.2. The number of carbonyl (C=O) groups is 2. The summed E-state index contributed by atoms with van der Waals surface area (Å²) >= 11 is 1.30. The molecular weight excluding hydrogens is 436 g/mol. The van der Waals surface area contributed by atoms with Crippen molar-refractivity contribution in [1.82, 2.24) is 14.8 Å². The average Bonchev–Trinajstić information content (AvgIpc) is 3.26. The maximum absolute atomic E-state index is 13.6. The van der Waals surface area contributed by atoms with Gasteiger partial charge in [0.2, 0.25) is 5.78 Å². The topological polar surface area (TPSA) is 77.0 Å². The third kappa shape index (κ3) is 5.12. The summed E-state index contributed by atoms with van der Waals surface area (Å²) in [7, 11) is 3.92. The molecule has 0 saturated heterocycles. The molecule has 1 aromatic heterocycles. The Hall–Kier alpha value is -2.71. The average molecular weight is 471 g/mol. The van der Waals surface area contributed by atoms with Crippen LogP contribution >= 0.6 is 11.3 Å². The Bertz CT molecular complexity index is 1040. The molecule has 1 atom stereocenters. The fourth-order valence-corrected chi connectivity index (χ4v) is 5.16. The van der Waals surface area contributed by atoms with Gasteiger partial charge in [0.05, 0.1) is 27.2 Å². The maximum Gasteiger partial charge on any atom is 0.290 e. The molecule has 1 amide bonds. The van der Waals surface area contributed by atoms with Crippen LogP contribution in [0.5, 0.6) is 0 Å². The number of anilines is 1. The molecule has 1 aliphatic rings. The number of nitrogens with zero attached hydrogens (tertiary/aromatic N) is 4. The van der Waals surface area contributed by atoms with E-state index in [1.54, 1.807) is 11.8 Å². The minimum absolute atomic E-state index is 0.146. The summed E-state index contributed by atoms with van der Waals surface area (Å²) in [6, 6.07) is 7.17. The molecule has 0 bridgehead atoms. The number of rotatable bonds is 10. The van der Waals surface area contributed by atoms with Crippen LogP contribution in [0.3, 0.4) is 0 Å². The molecular formula is C25H34N4O3S. The van der Waals surface area contributed by atoms with Gasteiger partial charge in [-0.2, -0.15) is 0 Å². The van der Waals surface area contributed by atoms with Crippen molar-refractivity contribution in [3.8, 4) is 0 Å². The van der Waals surface area contributed by atoms with E-state index in [4.69, 9.17) is 0 Å². The number of aryl methyl sites for hydroxylation is 2. The van der Waals surface area contributed by atoms with Crippen molar-refractivity contribution in [1.29, 1.82) is 0 Å². The summed E-state index contributed by atoms with van der Waals surface area (Å²) < 4.78 is 0. The first-order valence-corrected chi connectivity index (χ1v) is 12.2. The molecule has 2 heterocycles. The van der Waals surface area contributed by atoms with E-state index in [1.165, 1.54) is 11.3 Å². The highest BCUT2D eigenvalue weighted by atomic mass is 32.1. The van der Waals surface area contributed by atoms with E-state index < -0.39 is 17.7 Å². The summed E-state index contributed by atoms with van der Waals surface area (Å²) in [5.41, 5.74) is 2.60. The number of hydrogen-bond acceptors (Lipinski definition) is 7. The number of thiazole rings is 1. The summed E-state index contributed by atoms with van der Waals surface area (Å²) in [5.74, 6) is -1.26. The highest BCUT2D eigenvalue weighted by molar-refractivity contribution is 7.14. The summed E-state index contributed by atoms with van der Waals surface area (Å²) in [5, 5.41) is 11.6. The first-order chi connectivity index (χ1) is 15.7. The summed E-state index contributed by atoms with van der Waals surface area (Å²) in [6.45, 7) is 11.0. The fourth-order valence-electron chi connectivity index (χ4n) is 4.29. The Kier molecular flexibility index (Phi) is 7.92. The molecule has 0 saturated carbocycles. The highest BCUT2D eigenvalue weighted by Crippen LogP contribution is 2.40. The van der Waals surface area contributed by atoms with Crippen molar-refractivity contribution in [3.63, 3.8) is 0 Å². The quantitative estimate of drug-likeness (QED) is 0.526. The largest absolute Gasteiger partial charge is 0.503 e. The minimum Gasteiger partial charge on any atom is -0.503 e. The smallest absolute Gasteiger partial charge is 0.290 e. The van der Waals surface area contributed by atoms with Crippen LogP contribution in [0, 0.1) is 13.8 Å². The maximum atomic E-state index is 13.6. The van der Waals surface area contributed by atoms with Crippen molar-refractivity contribution in [3.05, 3.63) is 56.7 Å². The van der Waals surface area contributed by atoms with E-state index in [9.17, 15) is 14.7 Å². The van der Waals surface area contributed by atoms with Crippen molar-refractivity contribution in [2.45, 2.75) is 40.2 Å². The third-order valence-corrected chi connectivity index (χ3v) is 7.22. The number of aliphatic hydroxyl groups excluding tert-OH is 1. The van der Waals surface area contributed by atoms with Crippen molar-refractivity contribution in [2.75, 3.05) is 45.2 Å². The third-order valence-electron chi connectivity index (χ3n) is 6.15. The first-order valence-electron chi connectivity index (χ1n) is 11.4. The zero-order chi connectivity index (χ0) is 24.3. The van der Waals surface area contributed by atoms with Crippen LogP contribution in [0.15, 0.2) is 35.6 Å². The molecule has 2 aromatic rings. The van der Waals surface area contributed by atoms with E-state index in [0.717, 1.165) is 42.3 Å². The Morgan fingerprint density at radius 2 is 1.79 bits per heavy atom. The number of benzene rings is 1. The number of aliphatic hydroxyl groups is 1. The zero-order valence-electron chi connectivity index (χ0n) is 20.4. The molecule has 0 spiro atoms. The van der Waals surface area contributed by atoms with Crippen molar-refractivity contribution < 1.29 is 14.7 Å². The van der Waals surface area contributed by atoms with Crippen molar-refractivity contribution >= 4 is 28.7 Å². The van der Waals surface area contributed by atoms with Gasteiger partial charge in [-0.25, -0.2) is 4.98 Å². The number of Topliss-reactive ketones (excluding diaryl/α,β-unsaturated/α-hetero) is 1. The van der Waals surface area contributed by atoms with Gasteiger partial charge in [-0.15, -0.1) is 11.3 Å². The van der Waals surface area contributed by atoms with Crippen LogP contribution in [0.25, 0.3) is 0 Å². The lowest BCUT2D eigenvalue weighted by molar-refractivity contribution is -0.129. The van der Waals surface area contributed by atoms with Gasteiger partial charge in [-0.3, -0.25) is 9.59 Å². The van der Waals surface area contributed by atoms with E-state index in [2.05, 4.69) is 23.7 Å². The first kappa shape index (κ1) is 24.9. The van der Waals surface area contributed by atoms with Gasteiger partial charge < -0.3 is 19.8 Å². The monoisotopic (exact) mass is 470 g/mol. The number of amides is 1. The lowest BCUT2D eigenvalue weighted by Gasteiger charge is -2.28. The molecule has 0 radical (unpaired) electrons. The number of hydrogen-bond donors (Lipinski definition) is 1. The molecule has 7 nitrogen and oxygen atoms in total. The van der Waals surface area contributed by atoms with Gasteiger partial charge >= 0.3 is 0 Å². The molecule has 8 heteroatoms. The van der Waals surface area contributed by atoms with Crippen LogP contribution in [0.1, 0.15) is 52.2 Å². The normalized spacial score (nSPS) is 16.3. The molecule has 33 heavy (non-hydrogen) atoms. The number of ketones is 1. The molecule has 1 aliphatic heterocycles. The molecule has 3 rings (SSSR count). The Balaban J connectivity index is 1.99. The van der Waals surface area contributed by atoms with Gasteiger partial charge in [0, 0.05) is 26.3 Å². The van der Waals surface area contributed by atoms with Crippen LogP contribution < -0.4 is 4.90 Å². The molecule has 1 N–H and O–H groups in total. The second-order valence-electron chi connectivity index (χ2n) is 8.51. The number of aromatic nitrogens is 1. The van der Waals surface area contributed by atoms with E-state index in [0.29, 0.717) is 17.1 Å². The van der Waals surface area contributed by atoms with Crippen LogP contribution in [-0.4, -0.2) is 71.9 Å². The van der Waals surface area contributed by atoms with Crippen LogP contribution in [0.2, 0.25) is 0 Å². The SMILES string of the molecule is CCN(CC)CCCN1C(=O)C(O)=C(C(=O)c2sc(C)nc2C)C1c1ccc(N(C)C)cc1. The molecule has 0 aliphatic carbocycles. The second kappa shape index (κ2) is 10.5. The van der Waals surface area contributed by atoms with Gasteiger partial charge in [-0.05, 0) is 57.6 Å². The van der Waals surface area contributed by atoms with Crippen LogP contribution in [-0.2, 0) is 4.79 Å². The van der Waals surface area contributed by atoms with E-state index in [1.807, 2.05) is 50.2 Å². The van der Waals surface area contributed by atoms with Gasteiger partial charge in [-0.1, -0.05) is 26.0 Å². The second-order valence-corrected chi connectivity index (χ2v) is 9.71. The molecule has 178 valence electrons. The van der Waals surface area contributed by atoms with Gasteiger partial charge in [0.15, 0.2) is 5.76 Å². The predicted molar refractivity (Wildman–Crippen MR) is 133 cm³/mol. The molecule has 1 unspecified atom stereocenters. The highest BCUT2D eigenvalue weighted by Gasteiger charge is 2.44. The summed E-state index contributed by atoms with van der Waals surface area (Å²) in [6.07, 6.45) is 0.757.